The van der Waals surface area contributed by atoms with E-state index in [9.17, 15) is 0 Å². The minimum Gasteiger partial charge on any atom is -0.0870 e. The number of allylic oxidation sites excluding steroid dienone is 1. The molecule has 0 aliphatic heterocycles. The molecule has 1 heteroatoms. The fraction of sp³-hybridized carbons (Fsp3) is 0.273. The highest BCUT2D eigenvalue weighted by molar-refractivity contribution is 6.31. The lowest BCUT2D eigenvalue weighted by Gasteiger charge is -2.06. The first kappa shape index (κ1) is 9.34. The van der Waals surface area contributed by atoms with Gasteiger partial charge in [0.1, 0.15) is 0 Å². The maximum absolute atomic E-state index is 5.99. The summed E-state index contributed by atoms with van der Waals surface area (Å²) >= 11 is 5.99. The molecule has 12 heavy (non-hydrogen) atoms. The van der Waals surface area contributed by atoms with Crippen LogP contribution in [0.5, 0.6) is 0 Å². The molecule has 0 saturated heterocycles. The van der Waals surface area contributed by atoms with Gasteiger partial charge in [0.25, 0.3) is 0 Å². The second-order valence-electron chi connectivity index (χ2n) is 2.90. The first-order valence-electron chi connectivity index (χ1n) is 4.05. The van der Waals surface area contributed by atoms with E-state index in [1.165, 1.54) is 11.1 Å². The van der Waals surface area contributed by atoms with Crippen LogP contribution in [0.2, 0.25) is 5.02 Å². The molecule has 0 spiro atoms. The van der Waals surface area contributed by atoms with Gasteiger partial charge in [-0.1, -0.05) is 29.8 Å². The summed E-state index contributed by atoms with van der Waals surface area (Å²) in [6.07, 6.45) is 4.13. The number of hydrogen-bond donors (Lipinski definition) is 0. The van der Waals surface area contributed by atoms with Crippen molar-refractivity contribution in [3.8, 4) is 0 Å². The fourth-order valence-electron chi connectivity index (χ4n) is 1.26. The predicted molar refractivity (Wildman–Crippen MR) is 55.6 cm³/mol. The summed E-state index contributed by atoms with van der Waals surface area (Å²) in [6, 6.07) is 3.99. The van der Waals surface area contributed by atoms with Crippen LogP contribution in [0.1, 0.15) is 23.6 Å². The fourth-order valence-corrected chi connectivity index (χ4v) is 1.43. The third-order valence-electron chi connectivity index (χ3n) is 2.00. The van der Waals surface area contributed by atoms with Gasteiger partial charge in [-0.15, -0.1) is 0 Å². The van der Waals surface area contributed by atoms with Gasteiger partial charge in [0, 0.05) is 5.02 Å². The van der Waals surface area contributed by atoms with E-state index in [-0.39, 0.29) is 0 Å². The van der Waals surface area contributed by atoms with E-state index in [0.717, 1.165) is 10.6 Å². The molecule has 0 unspecified atom stereocenters. The number of benzene rings is 1. The predicted octanol–water partition coefficient (Wildman–Crippen LogP) is 3.99. The van der Waals surface area contributed by atoms with Gasteiger partial charge in [-0.05, 0) is 43.5 Å². The highest BCUT2D eigenvalue weighted by Crippen LogP contribution is 2.23. The van der Waals surface area contributed by atoms with Crippen LogP contribution in [0.15, 0.2) is 18.2 Å². The molecule has 0 radical (unpaired) electrons. The van der Waals surface area contributed by atoms with Crippen molar-refractivity contribution >= 4 is 17.7 Å². The van der Waals surface area contributed by atoms with Gasteiger partial charge in [-0.2, -0.15) is 0 Å². The molecule has 0 N–H and O–H groups in total. The Labute approximate surface area is 78.9 Å². The molecule has 0 aromatic heterocycles. The molecule has 0 atom stereocenters. The van der Waals surface area contributed by atoms with Gasteiger partial charge in [0.2, 0.25) is 0 Å². The zero-order valence-electron chi connectivity index (χ0n) is 7.69. The summed E-state index contributed by atoms with van der Waals surface area (Å²) in [6.45, 7) is 6.16. The smallest absolute Gasteiger partial charge is 0.0441 e. The zero-order chi connectivity index (χ0) is 9.14. The monoisotopic (exact) mass is 180 g/mol. The van der Waals surface area contributed by atoms with Gasteiger partial charge >= 0.3 is 0 Å². The SMILES string of the molecule is CC=Cc1c(C)ccc(Cl)c1C. The second-order valence-corrected chi connectivity index (χ2v) is 3.31. The van der Waals surface area contributed by atoms with E-state index in [0.29, 0.717) is 0 Å². The van der Waals surface area contributed by atoms with Gasteiger partial charge in [-0.25, -0.2) is 0 Å². The molecule has 0 saturated carbocycles. The lowest BCUT2D eigenvalue weighted by Crippen LogP contribution is -1.86. The molecule has 0 aliphatic rings. The minimum atomic E-state index is 0.841. The van der Waals surface area contributed by atoms with E-state index in [1.807, 2.05) is 32.1 Å². The molecule has 1 aromatic rings. The summed E-state index contributed by atoms with van der Waals surface area (Å²) in [5.74, 6) is 0. The van der Waals surface area contributed by atoms with Gasteiger partial charge < -0.3 is 0 Å². The number of halogens is 1. The van der Waals surface area contributed by atoms with Crippen LogP contribution in [0.25, 0.3) is 6.08 Å². The Hall–Kier alpha value is -0.750. The van der Waals surface area contributed by atoms with Crippen molar-refractivity contribution in [2.75, 3.05) is 0 Å². The Morgan fingerprint density at radius 3 is 2.50 bits per heavy atom. The van der Waals surface area contributed by atoms with E-state index in [1.54, 1.807) is 0 Å². The first-order chi connectivity index (χ1) is 5.66. The summed E-state index contributed by atoms with van der Waals surface area (Å²) in [4.78, 5) is 0. The van der Waals surface area contributed by atoms with Crippen LogP contribution in [0, 0.1) is 13.8 Å². The normalized spacial score (nSPS) is 11.0. The average molecular weight is 181 g/mol. The maximum Gasteiger partial charge on any atom is 0.0441 e. The lowest BCUT2D eigenvalue weighted by molar-refractivity contribution is 1.35. The third kappa shape index (κ3) is 1.70. The highest BCUT2D eigenvalue weighted by Gasteiger charge is 2.01. The quantitative estimate of drug-likeness (QED) is 0.613. The molecule has 0 heterocycles. The van der Waals surface area contributed by atoms with Crippen molar-refractivity contribution in [2.45, 2.75) is 20.8 Å². The van der Waals surface area contributed by atoms with Crippen LogP contribution in [0.3, 0.4) is 0 Å². The van der Waals surface area contributed by atoms with E-state index < -0.39 is 0 Å². The van der Waals surface area contributed by atoms with Crippen molar-refractivity contribution in [1.82, 2.24) is 0 Å². The van der Waals surface area contributed by atoms with Gasteiger partial charge in [-0.3, -0.25) is 0 Å². The topological polar surface area (TPSA) is 0 Å². The molecule has 0 amide bonds. The summed E-state index contributed by atoms with van der Waals surface area (Å²) in [5.41, 5.74) is 3.68. The van der Waals surface area contributed by atoms with Gasteiger partial charge in [0.05, 0.1) is 0 Å². The molecule has 1 aromatic carbocycles. The summed E-state index contributed by atoms with van der Waals surface area (Å²) in [5, 5.41) is 0.841. The Kier molecular flexibility index (Phi) is 2.93. The van der Waals surface area contributed by atoms with Crippen molar-refractivity contribution in [3.05, 3.63) is 39.9 Å². The molecular weight excluding hydrogens is 168 g/mol. The summed E-state index contributed by atoms with van der Waals surface area (Å²) < 4.78 is 0. The zero-order valence-corrected chi connectivity index (χ0v) is 8.44. The molecule has 64 valence electrons. The maximum atomic E-state index is 5.99. The molecule has 0 bridgehead atoms. The Morgan fingerprint density at radius 2 is 1.92 bits per heavy atom. The molecule has 1 rings (SSSR count). The minimum absolute atomic E-state index is 0.841. The highest BCUT2D eigenvalue weighted by atomic mass is 35.5. The third-order valence-corrected chi connectivity index (χ3v) is 2.41. The van der Waals surface area contributed by atoms with Crippen molar-refractivity contribution in [2.24, 2.45) is 0 Å². The number of rotatable bonds is 1. The van der Waals surface area contributed by atoms with Gasteiger partial charge in [0.15, 0.2) is 0 Å². The molecular formula is C11H13Cl. The molecule has 0 aliphatic carbocycles. The molecule has 0 fully saturated rings. The van der Waals surface area contributed by atoms with Crippen LogP contribution < -0.4 is 0 Å². The number of aryl methyl sites for hydroxylation is 1. The average Bonchev–Trinajstić information content (AvgIpc) is 2.06. The first-order valence-corrected chi connectivity index (χ1v) is 4.43. The largest absolute Gasteiger partial charge is 0.0870 e. The standard InChI is InChI=1S/C11H13Cl/c1-4-5-10-8(2)6-7-11(12)9(10)3/h4-7H,1-3H3. The van der Waals surface area contributed by atoms with E-state index >= 15 is 0 Å². The van der Waals surface area contributed by atoms with Crippen molar-refractivity contribution in [1.29, 1.82) is 0 Å². The lowest BCUT2D eigenvalue weighted by atomic mass is 10.0. The summed E-state index contributed by atoms with van der Waals surface area (Å²) in [7, 11) is 0. The van der Waals surface area contributed by atoms with Crippen LogP contribution in [-0.2, 0) is 0 Å². The van der Waals surface area contributed by atoms with Crippen LogP contribution in [0.4, 0.5) is 0 Å². The van der Waals surface area contributed by atoms with Crippen molar-refractivity contribution < 1.29 is 0 Å². The Morgan fingerprint density at radius 1 is 1.25 bits per heavy atom. The second kappa shape index (κ2) is 3.77. The van der Waals surface area contributed by atoms with Crippen LogP contribution >= 0.6 is 11.6 Å². The number of hydrogen-bond acceptors (Lipinski definition) is 0. The van der Waals surface area contributed by atoms with Crippen LogP contribution in [-0.4, -0.2) is 0 Å². The van der Waals surface area contributed by atoms with E-state index in [4.69, 9.17) is 11.6 Å². The Bertz CT molecular complexity index is 311. The molecule has 0 nitrogen and oxygen atoms in total. The van der Waals surface area contributed by atoms with E-state index in [2.05, 4.69) is 13.0 Å². The Balaban J connectivity index is 3.32. The van der Waals surface area contributed by atoms with Crippen molar-refractivity contribution in [3.63, 3.8) is 0 Å².